The van der Waals surface area contributed by atoms with Crippen LogP contribution in [0.2, 0.25) is 5.02 Å². The van der Waals surface area contributed by atoms with Crippen molar-refractivity contribution in [2.24, 2.45) is 0 Å². The minimum Gasteiger partial charge on any atom is -0.486 e. The first kappa shape index (κ1) is 16.0. The average molecular weight is 312 g/mol. The lowest BCUT2D eigenvalue weighted by Gasteiger charge is -2.22. The lowest BCUT2D eigenvalue weighted by atomic mass is 10.1. The van der Waals surface area contributed by atoms with E-state index in [1.807, 2.05) is 17.9 Å². The standard InChI is InChI=1S/C16H22ClNO3/c1-3-5-6-18(4-2)15(19)11-12-9-13(17)16-14(10-12)20-7-8-21-16/h9-10H,3-8,11H2,1-2H3. The van der Waals surface area contributed by atoms with Gasteiger partial charge >= 0.3 is 0 Å². The van der Waals surface area contributed by atoms with Gasteiger partial charge in [0.1, 0.15) is 13.2 Å². The van der Waals surface area contributed by atoms with Crippen LogP contribution in [0.4, 0.5) is 0 Å². The third kappa shape index (κ3) is 4.03. The van der Waals surface area contributed by atoms with Crippen LogP contribution in [0.5, 0.6) is 11.5 Å². The van der Waals surface area contributed by atoms with E-state index in [1.165, 1.54) is 0 Å². The van der Waals surface area contributed by atoms with Gasteiger partial charge in [-0.2, -0.15) is 0 Å². The van der Waals surface area contributed by atoms with Gasteiger partial charge in [0.25, 0.3) is 0 Å². The number of ether oxygens (including phenoxy) is 2. The molecule has 116 valence electrons. The van der Waals surface area contributed by atoms with E-state index in [4.69, 9.17) is 21.1 Å². The number of amides is 1. The summed E-state index contributed by atoms with van der Waals surface area (Å²) in [5.41, 5.74) is 0.865. The van der Waals surface area contributed by atoms with E-state index in [9.17, 15) is 4.79 Å². The lowest BCUT2D eigenvalue weighted by Crippen LogP contribution is -2.33. The summed E-state index contributed by atoms with van der Waals surface area (Å²) in [6.07, 6.45) is 2.45. The Kier molecular flexibility index (Phi) is 5.74. The van der Waals surface area contributed by atoms with Crippen molar-refractivity contribution in [1.29, 1.82) is 0 Å². The van der Waals surface area contributed by atoms with Gasteiger partial charge in [0.05, 0.1) is 11.4 Å². The molecule has 0 bridgehead atoms. The Morgan fingerprint density at radius 3 is 2.76 bits per heavy atom. The maximum Gasteiger partial charge on any atom is 0.226 e. The molecule has 0 atom stereocenters. The second-order valence-electron chi connectivity index (χ2n) is 5.11. The van der Waals surface area contributed by atoms with Crippen LogP contribution in [0.15, 0.2) is 12.1 Å². The third-order valence-electron chi connectivity index (χ3n) is 3.53. The molecule has 0 fully saturated rings. The maximum atomic E-state index is 12.3. The predicted octanol–water partition coefficient (Wildman–Crippen LogP) is 3.30. The van der Waals surface area contributed by atoms with Gasteiger partial charge in [0.2, 0.25) is 5.91 Å². The normalized spacial score (nSPS) is 13.1. The second-order valence-corrected chi connectivity index (χ2v) is 5.51. The fourth-order valence-corrected chi connectivity index (χ4v) is 2.65. The van der Waals surface area contributed by atoms with Crippen LogP contribution in [-0.2, 0) is 11.2 Å². The van der Waals surface area contributed by atoms with Gasteiger partial charge in [0.15, 0.2) is 11.5 Å². The van der Waals surface area contributed by atoms with Crippen molar-refractivity contribution in [2.45, 2.75) is 33.1 Å². The zero-order chi connectivity index (χ0) is 15.2. The van der Waals surface area contributed by atoms with Crippen molar-refractivity contribution in [2.75, 3.05) is 26.3 Å². The summed E-state index contributed by atoms with van der Waals surface area (Å²) in [5.74, 6) is 1.34. The number of unbranched alkanes of at least 4 members (excludes halogenated alkanes) is 1. The molecule has 21 heavy (non-hydrogen) atoms. The number of hydrogen-bond acceptors (Lipinski definition) is 3. The molecule has 1 amide bonds. The summed E-state index contributed by atoms with van der Waals surface area (Å²) in [4.78, 5) is 14.2. The van der Waals surface area contributed by atoms with Crippen molar-refractivity contribution in [3.05, 3.63) is 22.7 Å². The first-order chi connectivity index (χ1) is 10.2. The van der Waals surface area contributed by atoms with Crippen LogP contribution >= 0.6 is 11.6 Å². The maximum absolute atomic E-state index is 12.3. The minimum absolute atomic E-state index is 0.124. The van der Waals surface area contributed by atoms with Gasteiger partial charge in [-0.3, -0.25) is 4.79 Å². The first-order valence-corrected chi connectivity index (χ1v) is 7.89. The number of carbonyl (C=O) groups excluding carboxylic acids is 1. The highest BCUT2D eigenvalue weighted by atomic mass is 35.5. The molecule has 1 heterocycles. The molecule has 1 aromatic carbocycles. The fourth-order valence-electron chi connectivity index (χ4n) is 2.36. The summed E-state index contributed by atoms with van der Waals surface area (Å²) < 4.78 is 11.0. The van der Waals surface area contributed by atoms with Gasteiger partial charge in [-0.15, -0.1) is 0 Å². The van der Waals surface area contributed by atoms with Crippen LogP contribution in [0.1, 0.15) is 32.3 Å². The van der Waals surface area contributed by atoms with Crippen molar-refractivity contribution in [3.8, 4) is 11.5 Å². The highest BCUT2D eigenvalue weighted by molar-refractivity contribution is 6.32. The number of halogens is 1. The molecule has 1 aromatic rings. The number of carbonyl (C=O) groups is 1. The molecular weight excluding hydrogens is 290 g/mol. The topological polar surface area (TPSA) is 38.8 Å². The zero-order valence-electron chi connectivity index (χ0n) is 12.7. The molecule has 0 spiro atoms. The van der Waals surface area contributed by atoms with Gasteiger partial charge < -0.3 is 14.4 Å². The number of fused-ring (bicyclic) bond motifs is 1. The van der Waals surface area contributed by atoms with E-state index in [-0.39, 0.29) is 5.91 Å². The molecule has 0 aromatic heterocycles. The quantitative estimate of drug-likeness (QED) is 0.809. The number of hydrogen-bond donors (Lipinski definition) is 0. The largest absolute Gasteiger partial charge is 0.486 e. The van der Waals surface area contributed by atoms with Gasteiger partial charge in [-0.1, -0.05) is 24.9 Å². The van der Waals surface area contributed by atoms with E-state index in [2.05, 4.69) is 6.92 Å². The molecule has 0 unspecified atom stereocenters. The Balaban J connectivity index is 2.08. The van der Waals surface area contributed by atoms with Crippen molar-refractivity contribution in [3.63, 3.8) is 0 Å². The second kappa shape index (κ2) is 7.55. The van der Waals surface area contributed by atoms with E-state index >= 15 is 0 Å². The van der Waals surface area contributed by atoms with Crippen molar-refractivity contribution in [1.82, 2.24) is 4.90 Å². The molecule has 2 rings (SSSR count). The van der Waals surface area contributed by atoms with E-state index in [0.29, 0.717) is 36.2 Å². The first-order valence-electron chi connectivity index (χ1n) is 7.51. The van der Waals surface area contributed by atoms with Gasteiger partial charge in [-0.05, 0) is 31.0 Å². The summed E-state index contributed by atoms with van der Waals surface area (Å²) in [7, 11) is 0. The number of likely N-dealkylation sites (N-methyl/N-ethyl adjacent to an activating group) is 1. The Morgan fingerprint density at radius 2 is 2.05 bits per heavy atom. The fraction of sp³-hybridized carbons (Fsp3) is 0.562. The Bertz CT molecular complexity index is 505. The molecule has 0 N–H and O–H groups in total. The van der Waals surface area contributed by atoms with Crippen LogP contribution in [-0.4, -0.2) is 37.1 Å². The zero-order valence-corrected chi connectivity index (χ0v) is 13.4. The number of benzene rings is 1. The van der Waals surface area contributed by atoms with Crippen molar-refractivity contribution >= 4 is 17.5 Å². The Hall–Kier alpha value is -1.42. The summed E-state index contributed by atoms with van der Waals surface area (Å²) >= 11 is 6.20. The monoisotopic (exact) mass is 311 g/mol. The van der Waals surface area contributed by atoms with E-state index in [0.717, 1.165) is 31.5 Å². The van der Waals surface area contributed by atoms with Gasteiger partial charge in [-0.25, -0.2) is 0 Å². The molecule has 0 saturated carbocycles. The molecule has 1 aliphatic rings. The summed E-state index contributed by atoms with van der Waals surface area (Å²) in [6, 6.07) is 3.65. The SMILES string of the molecule is CCCCN(CC)C(=O)Cc1cc(Cl)c2c(c1)OCCO2. The van der Waals surface area contributed by atoms with Crippen molar-refractivity contribution < 1.29 is 14.3 Å². The number of rotatable bonds is 6. The molecule has 0 radical (unpaired) electrons. The Morgan fingerprint density at radius 1 is 1.29 bits per heavy atom. The third-order valence-corrected chi connectivity index (χ3v) is 3.81. The molecule has 0 aliphatic carbocycles. The molecule has 5 heteroatoms. The van der Waals surface area contributed by atoms with Crippen LogP contribution in [0, 0.1) is 0 Å². The lowest BCUT2D eigenvalue weighted by molar-refractivity contribution is -0.130. The molecular formula is C16H22ClNO3. The smallest absolute Gasteiger partial charge is 0.226 e. The van der Waals surface area contributed by atoms with Crippen LogP contribution < -0.4 is 9.47 Å². The van der Waals surface area contributed by atoms with Gasteiger partial charge in [0, 0.05) is 13.1 Å². The predicted molar refractivity (Wildman–Crippen MR) is 83.3 cm³/mol. The molecule has 1 aliphatic heterocycles. The highest BCUT2D eigenvalue weighted by Crippen LogP contribution is 2.38. The minimum atomic E-state index is 0.124. The molecule has 0 saturated heterocycles. The van der Waals surface area contributed by atoms with E-state index < -0.39 is 0 Å². The summed E-state index contributed by atoms with van der Waals surface area (Å²) in [5, 5.41) is 0.506. The van der Waals surface area contributed by atoms with Crippen LogP contribution in [0.25, 0.3) is 0 Å². The number of nitrogens with zero attached hydrogens (tertiary/aromatic N) is 1. The summed E-state index contributed by atoms with van der Waals surface area (Å²) in [6.45, 7) is 6.69. The molecule has 4 nitrogen and oxygen atoms in total. The van der Waals surface area contributed by atoms with E-state index in [1.54, 1.807) is 6.07 Å². The highest BCUT2D eigenvalue weighted by Gasteiger charge is 2.19. The Labute approximate surface area is 131 Å². The average Bonchev–Trinajstić information content (AvgIpc) is 2.48. The van der Waals surface area contributed by atoms with Crippen LogP contribution in [0.3, 0.4) is 0 Å².